The number of halogens is 2. The van der Waals surface area contributed by atoms with Crippen molar-refractivity contribution < 1.29 is 18.7 Å². The number of methoxy groups -OCH3 is 1. The lowest BCUT2D eigenvalue weighted by Crippen LogP contribution is -2.30. The van der Waals surface area contributed by atoms with Gasteiger partial charge in [-0.1, -0.05) is 49.0 Å². The van der Waals surface area contributed by atoms with Crippen molar-refractivity contribution in [2.24, 2.45) is 0 Å². The molecule has 1 aliphatic rings. The van der Waals surface area contributed by atoms with Gasteiger partial charge in [-0.2, -0.15) is 0 Å². The molecule has 1 aliphatic heterocycles. The Morgan fingerprint density at radius 2 is 1.81 bits per heavy atom. The van der Waals surface area contributed by atoms with Gasteiger partial charge < -0.3 is 13.9 Å². The van der Waals surface area contributed by atoms with Crippen LogP contribution >= 0.6 is 23.2 Å². The largest absolute Gasteiger partial charge is 0.493 e. The van der Waals surface area contributed by atoms with Crippen molar-refractivity contribution in [1.82, 2.24) is 4.98 Å². The van der Waals surface area contributed by atoms with Crippen molar-refractivity contribution in [1.29, 1.82) is 0 Å². The highest BCUT2D eigenvalue weighted by atomic mass is 35.5. The van der Waals surface area contributed by atoms with Crippen LogP contribution in [0.5, 0.6) is 11.5 Å². The summed E-state index contributed by atoms with van der Waals surface area (Å²) < 4.78 is 17.5. The molecule has 1 amide bonds. The Balaban J connectivity index is 1.67. The fraction of sp³-hybridized carbons (Fsp3) is 0.250. The second-order valence-corrected chi connectivity index (χ2v) is 9.57. The van der Waals surface area contributed by atoms with Crippen LogP contribution in [0.4, 0.5) is 5.82 Å². The Labute approximate surface area is 223 Å². The molecule has 9 heteroatoms. The Bertz CT molecular complexity index is 1530. The molecule has 3 heterocycles. The number of anilines is 1. The molecule has 4 aromatic rings. The molecule has 190 valence electrons. The number of rotatable bonds is 8. The van der Waals surface area contributed by atoms with Crippen LogP contribution in [0.3, 0.4) is 0 Å². The Kier molecular flexibility index (Phi) is 7.09. The fourth-order valence-corrected chi connectivity index (χ4v) is 4.80. The van der Waals surface area contributed by atoms with Crippen molar-refractivity contribution in [2.75, 3.05) is 18.6 Å². The molecule has 2 aromatic carbocycles. The minimum Gasteiger partial charge on any atom is -0.493 e. The molecule has 0 aliphatic carbocycles. The molecular weight excluding hydrogens is 515 g/mol. The van der Waals surface area contributed by atoms with Crippen molar-refractivity contribution >= 4 is 45.9 Å². The summed E-state index contributed by atoms with van der Waals surface area (Å²) in [4.78, 5) is 33.2. The molecule has 0 bridgehead atoms. The number of carbonyl (C=O) groups is 1. The molecule has 37 heavy (non-hydrogen) atoms. The highest BCUT2D eigenvalue weighted by molar-refractivity contribution is 6.31. The smallest absolute Gasteiger partial charge is 0.296 e. The number of fused-ring (bicyclic) bond motifs is 2. The molecule has 1 unspecified atom stereocenters. The van der Waals surface area contributed by atoms with Gasteiger partial charge in [0, 0.05) is 11.2 Å². The maximum atomic E-state index is 13.8. The number of hydrogen-bond acceptors (Lipinski definition) is 6. The molecule has 0 fully saturated rings. The van der Waals surface area contributed by atoms with Crippen molar-refractivity contribution in [3.63, 3.8) is 0 Å². The van der Waals surface area contributed by atoms with Crippen molar-refractivity contribution in [3.8, 4) is 11.5 Å². The van der Waals surface area contributed by atoms with Gasteiger partial charge in [0.05, 0.1) is 35.7 Å². The summed E-state index contributed by atoms with van der Waals surface area (Å²) >= 11 is 12.2. The highest BCUT2D eigenvalue weighted by Gasteiger charge is 2.44. The van der Waals surface area contributed by atoms with E-state index >= 15 is 0 Å². The molecule has 5 rings (SSSR count). The van der Waals surface area contributed by atoms with Crippen LogP contribution in [-0.2, 0) is 0 Å². The normalized spacial score (nSPS) is 14.8. The van der Waals surface area contributed by atoms with Crippen LogP contribution in [0.15, 0.2) is 63.9 Å². The van der Waals surface area contributed by atoms with Crippen molar-refractivity contribution in [2.45, 2.75) is 32.2 Å². The predicted molar refractivity (Wildman–Crippen MR) is 143 cm³/mol. The number of benzene rings is 2. The van der Waals surface area contributed by atoms with E-state index in [0.29, 0.717) is 39.5 Å². The molecule has 2 aromatic heterocycles. The van der Waals surface area contributed by atoms with Gasteiger partial charge in [0.1, 0.15) is 11.4 Å². The number of carbonyl (C=O) groups excluding carboxylic acids is 1. The number of aromatic nitrogens is 1. The van der Waals surface area contributed by atoms with Crippen LogP contribution in [-0.4, -0.2) is 24.6 Å². The fourth-order valence-electron chi connectivity index (χ4n) is 4.51. The molecule has 7 nitrogen and oxygen atoms in total. The van der Waals surface area contributed by atoms with Crippen LogP contribution in [0.1, 0.15) is 53.9 Å². The predicted octanol–water partition coefficient (Wildman–Crippen LogP) is 6.82. The Morgan fingerprint density at radius 3 is 2.54 bits per heavy atom. The van der Waals surface area contributed by atoms with Gasteiger partial charge in [-0.05, 0) is 54.4 Å². The van der Waals surface area contributed by atoms with Gasteiger partial charge in [0.15, 0.2) is 16.9 Å². The molecule has 0 saturated carbocycles. The SMILES string of the molecule is CCCCCOc1ccc(C2c3c(oc4ccc(Cl)cc4c3=O)C(=O)N2c2ccc(Cl)cn2)cc1OC. The first kappa shape index (κ1) is 25.1. The summed E-state index contributed by atoms with van der Waals surface area (Å²) in [5.41, 5.74) is 0.775. The van der Waals surface area contributed by atoms with E-state index in [9.17, 15) is 9.59 Å². The highest BCUT2D eigenvalue weighted by Crippen LogP contribution is 2.43. The van der Waals surface area contributed by atoms with E-state index in [1.165, 1.54) is 11.1 Å². The lowest BCUT2D eigenvalue weighted by molar-refractivity contribution is 0.0970. The van der Waals surface area contributed by atoms with E-state index in [1.807, 2.05) is 6.07 Å². The summed E-state index contributed by atoms with van der Waals surface area (Å²) in [5.74, 6) is 0.877. The first-order chi connectivity index (χ1) is 17.9. The number of nitrogens with zero attached hydrogens (tertiary/aromatic N) is 2. The molecule has 0 N–H and O–H groups in total. The van der Waals surface area contributed by atoms with E-state index in [0.717, 1.165) is 19.3 Å². The van der Waals surface area contributed by atoms with E-state index in [2.05, 4.69) is 11.9 Å². The number of hydrogen-bond donors (Lipinski definition) is 0. The summed E-state index contributed by atoms with van der Waals surface area (Å²) in [6.45, 7) is 2.69. The minimum absolute atomic E-state index is 0.0413. The second kappa shape index (κ2) is 10.4. The van der Waals surface area contributed by atoms with Crippen LogP contribution in [0.25, 0.3) is 11.0 Å². The minimum atomic E-state index is -0.821. The van der Waals surface area contributed by atoms with E-state index < -0.39 is 11.9 Å². The van der Waals surface area contributed by atoms with E-state index in [-0.39, 0.29) is 27.7 Å². The zero-order valence-electron chi connectivity index (χ0n) is 20.3. The first-order valence-corrected chi connectivity index (χ1v) is 12.7. The first-order valence-electron chi connectivity index (χ1n) is 11.9. The van der Waals surface area contributed by atoms with E-state index in [4.69, 9.17) is 37.1 Å². The third-order valence-corrected chi connectivity index (χ3v) is 6.76. The van der Waals surface area contributed by atoms with Gasteiger partial charge in [-0.3, -0.25) is 14.5 Å². The Hall–Kier alpha value is -3.55. The molecule has 0 radical (unpaired) electrons. The van der Waals surface area contributed by atoms with Crippen molar-refractivity contribution in [3.05, 3.63) is 91.9 Å². The number of amides is 1. The lowest BCUT2D eigenvalue weighted by atomic mass is 9.98. The molecule has 1 atom stereocenters. The standard InChI is InChI=1S/C28H24Cl2N2O5/c1-3-4-5-12-36-21-9-6-16(13-22(21)35-2)25-24-26(33)19-14-17(29)7-10-20(19)37-27(24)28(34)32(25)23-11-8-18(30)15-31-23/h6-11,13-15,25H,3-5,12H2,1-2H3. The average Bonchev–Trinajstić information content (AvgIpc) is 3.20. The van der Waals surface area contributed by atoms with Crippen LogP contribution in [0, 0.1) is 0 Å². The quantitative estimate of drug-likeness (QED) is 0.229. The van der Waals surface area contributed by atoms with Crippen LogP contribution in [0.2, 0.25) is 10.0 Å². The Morgan fingerprint density at radius 1 is 1.00 bits per heavy atom. The van der Waals surface area contributed by atoms with Gasteiger partial charge in [0.2, 0.25) is 5.76 Å². The monoisotopic (exact) mass is 538 g/mol. The maximum Gasteiger partial charge on any atom is 0.296 e. The third-order valence-electron chi connectivity index (χ3n) is 6.30. The van der Waals surface area contributed by atoms with Gasteiger partial charge >= 0.3 is 0 Å². The zero-order chi connectivity index (χ0) is 26.1. The van der Waals surface area contributed by atoms with Crippen LogP contribution < -0.4 is 19.8 Å². The molecular formula is C28H24Cl2N2O5. The second-order valence-electron chi connectivity index (χ2n) is 8.69. The number of pyridine rings is 1. The summed E-state index contributed by atoms with van der Waals surface area (Å²) in [6.07, 6.45) is 4.53. The topological polar surface area (TPSA) is 81.9 Å². The third kappa shape index (κ3) is 4.65. The average molecular weight is 539 g/mol. The summed E-state index contributed by atoms with van der Waals surface area (Å²) in [6, 6.07) is 12.6. The molecule has 0 spiro atoms. The molecule has 0 saturated heterocycles. The van der Waals surface area contributed by atoms with Gasteiger partial charge in [-0.15, -0.1) is 0 Å². The van der Waals surface area contributed by atoms with Gasteiger partial charge in [0.25, 0.3) is 5.91 Å². The van der Waals surface area contributed by atoms with Gasteiger partial charge in [-0.25, -0.2) is 4.98 Å². The summed E-state index contributed by atoms with van der Waals surface area (Å²) in [5, 5.41) is 1.10. The van der Waals surface area contributed by atoms with E-state index in [1.54, 1.807) is 49.6 Å². The zero-order valence-corrected chi connectivity index (χ0v) is 21.8. The summed E-state index contributed by atoms with van der Waals surface area (Å²) in [7, 11) is 1.55. The lowest BCUT2D eigenvalue weighted by Gasteiger charge is -2.25. The maximum absolute atomic E-state index is 13.8. The number of unbranched alkanes of at least 4 members (excludes halogenated alkanes) is 2. The number of ether oxygens (including phenoxy) is 2.